The van der Waals surface area contributed by atoms with Crippen LogP contribution in [0, 0.1) is 5.82 Å². The number of hydrogen-bond acceptors (Lipinski definition) is 7. The van der Waals surface area contributed by atoms with E-state index in [2.05, 4.69) is 10.1 Å². The van der Waals surface area contributed by atoms with E-state index < -0.39 is 24.2 Å². The van der Waals surface area contributed by atoms with Crippen LogP contribution in [0.25, 0.3) is 11.8 Å². The molecule has 3 aromatic rings. The van der Waals surface area contributed by atoms with Gasteiger partial charge in [0.15, 0.2) is 5.84 Å². The Morgan fingerprint density at radius 3 is 2.76 bits per heavy atom. The summed E-state index contributed by atoms with van der Waals surface area (Å²) < 4.78 is 39.3. The average Bonchev–Trinajstić information content (AvgIpc) is 3.56. The fourth-order valence-corrected chi connectivity index (χ4v) is 4.67. The smallest absolute Gasteiger partial charge is 0.380 e. The van der Waals surface area contributed by atoms with E-state index >= 15 is 0 Å². The Balaban J connectivity index is 1.49. The van der Waals surface area contributed by atoms with Crippen molar-refractivity contribution < 1.29 is 27.9 Å². The SMILES string of the molecule is CCOC(=O)C1(c2ccc(F)cc2)ON=C2C(=Cc3ccc(-n4cnc(CF)c4)c(OC)c3)CCCN21. The number of aromatic nitrogens is 2. The van der Waals surface area contributed by atoms with Gasteiger partial charge in [0, 0.05) is 18.3 Å². The van der Waals surface area contributed by atoms with Crippen molar-refractivity contribution in [1.29, 1.82) is 0 Å². The first kappa shape index (κ1) is 24.5. The number of rotatable bonds is 7. The van der Waals surface area contributed by atoms with Gasteiger partial charge < -0.3 is 23.8 Å². The number of benzene rings is 2. The second-order valence-electron chi connectivity index (χ2n) is 8.64. The zero-order chi connectivity index (χ0) is 26.0. The lowest BCUT2D eigenvalue weighted by Crippen LogP contribution is -2.54. The van der Waals surface area contributed by atoms with Gasteiger partial charge >= 0.3 is 11.7 Å². The number of ether oxygens (including phenoxy) is 2. The standard InChI is InChI=1S/C27H26F2N4O4/c1-3-36-26(34)27(20-7-9-21(29)10-8-20)33-12-4-5-19(25(33)31-37-27)13-18-6-11-23(24(14-18)35-2)32-16-22(15-28)30-17-32/h6-11,13-14,16-17H,3-5,12,15H2,1-2H3. The van der Waals surface area contributed by atoms with Gasteiger partial charge in [-0.15, -0.1) is 0 Å². The molecule has 2 aliphatic heterocycles. The molecule has 0 aliphatic carbocycles. The first-order valence-corrected chi connectivity index (χ1v) is 12.0. The van der Waals surface area contributed by atoms with Crippen LogP contribution in [-0.2, 0) is 26.8 Å². The van der Waals surface area contributed by atoms with Crippen molar-refractivity contribution in [3.8, 4) is 11.4 Å². The molecule has 5 rings (SSSR count). The van der Waals surface area contributed by atoms with Gasteiger partial charge in [0.2, 0.25) is 0 Å². The second kappa shape index (κ2) is 10.0. The third-order valence-electron chi connectivity index (χ3n) is 6.40. The van der Waals surface area contributed by atoms with Crippen molar-refractivity contribution in [1.82, 2.24) is 14.5 Å². The molecule has 1 atom stereocenters. The summed E-state index contributed by atoms with van der Waals surface area (Å²) in [6.07, 6.45) is 6.58. The van der Waals surface area contributed by atoms with Crippen LogP contribution in [0.2, 0.25) is 0 Å². The summed E-state index contributed by atoms with van der Waals surface area (Å²) in [5, 5.41) is 4.31. The maximum Gasteiger partial charge on any atom is 0.380 e. The van der Waals surface area contributed by atoms with E-state index in [4.69, 9.17) is 14.3 Å². The summed E-state index contributed by atoms with van der Waals surface area (Å²) in [4.78, 5) is 24.9. The van der Waals surface area contributed by atoms with Gasteiger partial charge in [-0.2, -0.15) is 0 Å². The van der Waals surface area contributed by atoms with Crippen molar-refractivity contribution >= 4 is 17.9 Å². The Morgan fingerprint density at radius 2 is 2.05 bits per heavy atom. The van der Waals surface area contributed by atoms with Crippen LogP contribution >= 0.6 is 0 Å². The van der Waals surface area contributed by atoms with Crippen molar-refractivity contribution in [2.75, 3.05) is 20.3 Å². The Bertz CT molecular complexity index is 1370. The lowest BCUT2D eigenvalue weighted by atomic mass is 9.94. The number of piperidine rings is 1. The molecule has 1 unspecified atom stereocenters. The van der Waals surface area contributed by atoms with Gasteiger partial charge in [0.05, 0.1) is 31.4 Å². The molecule has 192 valence electrons. The summed E-state index contributed by atoms with van der Waals surface area (Å²) in [7, 11) is 1.57. The molecule has 2 aliphatic rings. The number of halogens is 2. The van der Waals surface area contributed by atoms with Gasteiger partial charge in [0.25, 0.3) is 0 Å². The Labute approximate surface area is 212 Å². The molecule has 1 aromatic heterocycles. The number of carbonyl (C=O) groups excluding carboxylic acids is 1. The first-order chi connectivity index (χ1) is 18.0. The van der Waals surface area contributed by atoms with Crippen molar-refractivity contribution in [2.24, 2.45) is 5.16 Å². The van der Waals surface area contributed by atoms with E-state index in [0.29, 0.717) is 35.8 Å². The Morgan fingerprint density at radius 1 is 1.24 bits per heavy atom. The highest BCUT2D eigenvalue weighted by molar-refractivity contribution is 6.06. The largest absolute Gasteiger partial charge is 0.495 e. The van der Waals surface area contributed by atoms with Crippen LogP contribution in [-0.4, -0.2) is 46.5 Å². The van der Waals surface area contributed by atoms with E-state index in [-0.39, 0.29) is 6.61 Å². The summed E-state index contributed by atoms with van der Waals surface area (Å²) >= 11 is 0. The van der Waals surface area contributed by atoms with Gasteiger partial charge in [-0.3, -0.25) is 0 Å². The zero-order valence-corrected chi connectivity index (χ0v) is 20.5. The molecule has 0 amide bonds. The van der Waals surface area contributed by atoms with E-state index in [9.17, 15) is 13.6 Å². The molecule has 1 saturated heterocycles. The van der Waals surface area contributed by atoms with E-state index in [1.54, 1.807) is 36.0 Å². The van der Waals surface area contributed by atoms with E-state index in [1.165, 1.54) is 24.3 Å². The summed E-state index contributed by atoms with van der Waals surface area (Å²) in [5.74, 6) is 0.0752. The minimum atomic E-state index is -1.63. The number of alkyl halides is 1. The molecule has 0 radical (unpaired) electrons. The number of imidazole rings is 1. The van der Waals surface area contributed by atoms with Crippen LogP contribution in [0.15, 0.2) is 65.7 Å². The summed E-state index contributed by atoms with van der Waals surface area (Å²) in [5.41, 5.74) is 1.59. The molecule has 8 nitrogen and oxygen atoms in total. The summed E-state index contributed by atoms with van der Waals surface area (Å²) in [6.45, 7) is 1.73. The first-order valence-electron chi connectivity index (χ1n) is 12.0. The minimum absolute atomic E-state index is 0.160. The number of oxime groups is 1. The molecule has 37 heavy (non-hydrogen) atoms. The summed E-state index contributed by atoms with van der Waals surface area (Å²) in [6, 6.07) is 11.2. The molecule has 0 bridgehead atoms. The van der Waals surface area contributed by atoms with Crippen LogP contribution in [0.4, 0.5) is 8.78 Å². The van der Waals surface area contributed by atoms with E-state index in [0.717, 1.165) is 23.2 Å². The highest BCUT2D eigenvalue weighted by Gasteiger charge is 2.57. The molecule has 0 spiro atoms. The topological polar surface area (TPSA) is 78.2 Å². The van der Waals surface area contributed by atoms with Crippen molar-refractivity contribution in [3.63, 3.8) is 0 Å². The highest BCUT2D eigenvalue weighted by atomic mass is 19.1. The number of hydrogen-bond donors (Lipinski definition) is 0. The highest BCUT2D eigenvalue weighted by Crippen LogP contribution is 2.41. The molecule has 2 aromatic carbocycles. The predicted octanol–water partition coefficient (Wildman–Crippen LogP) is 4.73. The molecule has 10 heteroatoms. The molecule has 3 heterocycles. The number of methoxy groups -OCH3 is 1. The zero-order valence-electron chi connectivity index (χ0n) is 20.5. The second-order valence-corrected chi connectivity index (χ2v) is 8.64. The molecule has 0 N–H and O–H groups in total. The fourth-order valence-electron chi connectivity index (χ4n) is 4.67. The normalized spacial score (nSPS) is 19.8. The molecular formula is C27H26F2N4O4. The van der Waals surface area contributed by atoms with Crippen molar-refractivity contribution in [3.05, 3.63) is 83.2 Å². The van der Waals surface area contributed by atoms with Crippen LogP contribution < -0.4 is 4.74 Å². The quantitative estimate of drug-likeness (QED) is 0.430. The number of esters is 1. The number of amidine groups is 1. The fraction of sp³-hybridized carbons (Fsp3) is 0.296. The number of fused-ring (bicyclic) bond motifs is 1. The number of carbonyl (C=O) groups is 1. The monoisotopic (exact) mass is 508 g/mol. The predicted molar refractivity (Wildman–Crippen MR) is 132 cm³/mol. The lowest BCUT2D eigenvalue weighted by molar-refractivity contribution is -0.189. The van der Waals surface area contributed by atoms with E-state index in [1.807, 2.05) is 24.3 Å². The van der Waals surface area contributed by atoms with Crippen LogP contribution in [0.5, 0.6) is 5.75 Å². The molecule has 1 fully saturated rings. The van der Waals surface area contributed by atoms with Gasteiger partial charge in [-0.05, 0) is 73.4 Å². The van der Waals surface area contributed by atoms with Gasteiger partial charge in [-0.25, -0.2) is 18.6 Å². The van der Waals surface area contributed by atoms with Crippen LogP contribution in [0.3, 0.4) is 0 Å². The van der Waals surface area contributed by atoms with Crippen LogP contribution in [0.1, 0.15) is 36.6 Å². The minimum Gasteiger partial charge on any atom is -0.495 e. The third-order valence-corrected chi connectivity index (χ3v) is 6.40. The Hall–Kier alpha value is -4.21. The average molecular weight is 509 g/mol. The Kier molecular flexibility index (Phi) is 6.64. The lowest BCUT2D eigenvalue weighted by Gasteiger charge is -2.37. The molecule has 0 saturated carbocycles. The molecular weight excluding hydrogens is 482 g/mol. The number of nitrogens with zero attached hydrogens (tertiary/aromatic N) is 4. The maximum atomic E-state index is 13.7. The third kappa shape index (κ3) is 4.32. The van der Waals surface area contributed by atoms with Gasteiger partial charge in [0.1, 0.15) is 18.2 Å². The van der Waals surface area contributed by atoms with Crippen molar-refractivity contribution in [2.45, 2.75) is 32.2 Å². The van der Waals surface area contributed by atoms with Gasteiger partial charge in [-0.1, -0.05) is 11.2 Å². The maximum absolute atomic E-state index is 13.7.